The zero-order chi connectivity index (χ0) is 22.4. The minimum absolute atomic E-state index is 0.194. The van der Waals surface area contributed by atoms with Crippen molar-refractivity contribution in [2.45, 2.75) is 62.9 Å². The molecule has 0 atom stereocenters. The lowest BCUT2D eigenvalue weighted by atomic mass is 9.89. The molecule has 170 valence electrons. The van der Waals surface area contributed by atoms with Gasteiger partial charge in [-0.1, -0.05) is 12.1 Å². The van der Waals surface area contributed by atoms with Gasteiger partial charge in [-0.25, -0.2) is 4.98 Å². The maximum absolute atomic E-state index is 6.23. The van der Waals surface area contributed by atoms with Gasteiger partial charge in [-0.3, -0.25) is 4.98 Å². The van der Waals surface area contributed by atoms with Gasteiger partial charge in [0.05, 0.1) is 17.7 Å². The molecule has 0 unspecified atom stereocenters. The molecule has 0 amide bonds. The van der Waals surface area contributed by atoms with Crippen LogP contribution in [0.15, 0.2) is 55.0 Å². The second-order valence-corrected chi connectivity index (χ2v) is 9.58. The Hall–Kier alpha value is -2.96. The third-order valence-corrected chi connectivity index (χ3v) is 7.32. The van der Waals surface area contributed by atoms with E-state index in [4.69, 9.17) is 15.2 Å². The smallest absolute Gasteiger partial charge is 0.213 e. The summed E-state index contributed by atoms with van der Waals surface area (Å²) in [6, 6.07) is 13.0. The fourth-order valence-electron chi connectivity index (χ4n) is 5.25. The average Bonchev–Trinajstić information content (AvgIpc) is 3.11. The van der Waals surface area contributed by atoms with Crippen molar-refractivity contribution in [3.8, 4) is 17.0 Å². The number of hydrogen-bond acceptors (Lipinski definition) is 5. The summed E-state index contributed by atoms with van der Waals surface area (Å²) in [7, 11) is 2.10. The number of fused-ring (bicyclic) bond motifs is 3. The van der Waals surface area contributed by atoms with Crippen molar-refractivity contribution < 1.29 is 9.47 Å². The molecule has 33 heavy (non-hydrogen) atoms. The maximum atomic E-state index is 6.23. The van der Waals surface area contributed by atoms with Crippen LogP contribution in [0.2, 0.25) is 0 Å². The van der Waals surface area contributed by atoms with Crippen molar-refractivity contribution in [3.63, 3.8) is 0 Å². The van der Waals surface area contributed by atoms with Gasteiger partial charge in [0.2, 0.25) is 5.88 Å². The number of pyridine rings is 2. The van der Waals surface area contributed by atoms with Crippen LogP contribution in [0, 0.1) is 0 Å². The van der Waals surface area contributed by atoms with Crippen molar-refractivity contribution in [3.05, 3.63) is 55.0 Å². The largest absolute Gasteiger partial charge is 0.474 e. The van der Waals surface area contributed by atoms with Gasteiger partial charge in [-0.15, -0.1) is 0 Å². The molecule has 6 rings (SSSR count). The molecular formula is C27H30N4O2. The highest BCUT2D eigenvalue weighted by atomic mass is 16.5. The molecule has 0 saturated heterocycles. The minimum Gasteiger partial charge on any atom is -0.474 e. The van der Waals surface area contributed by atoms with Gasteiger partial charge in [0, 0.05) is 72.4 Å². The minimum atomic E-state index is 0.194. The second-order valence-electron chi connectivity index (χ2n) is 9.58. The molecule has 2 N–H and O–H groups in total. The Morgan fingerprint density at radius 2 is 1.67 bits per heavy atom. The standard InChI is InChI=1S/C27H30N4O2/c1-31-25-10-11-29-16-24(25)23-8-2-17(12-26(23)31)18-3-9-27(30-15-18)33-22-13-21(14-22)32-20-6-4-19(28)5-7-20/h2-3,8-12,15-16,19-22H,4-7,13-14,28H2,1H3. The fraction of sp³-hybridized carbons (Fsp3) is 0.407. The molecule has 0 bridgehead atoms. The molecule has 2 aliphatic rings. The van der Waals surface area contributed by atoms with E-state index in [2.05, 4.69) is 51.9 Å². The Morgan fingerprint density at radius 1 is 0.848 bits per heavy atom. The number of ether oxygens (including phenoxy) is 2. The zero-order valence-electron chi connectivity index (χ0n) is 19.0. The van der Waals surface area contributed by atoms with Gasteiger partial charge in [-0.2, -0.15) is 0 Å². The third kappa shape index (κ3) is 3.98. The molecule has 6 nitrogen and oxygen atoms in total. The molecule has 4 aromatic rings. The predicted octanol–water partition coefficient (Wildman–Crippen LogP) is 4.98. The topological polar surface area (TPSA) is 75.2 Å². The first kappa shape index (κ1) is 20.6. The summed E-state index contributed by atoms with van der Waals surface area (Å²) in [5.41, 5.74) is 10.6. The molecule has 2 aliphatic carbocycles. The first-order valence-electron chi connectivity index (χ1n) is 12.0. The molecule has 2 fully saturated rings. The van der Waals surface area contributed by atoms with Gasteiger partial charge in [-0.05, 0) is 49.4 Å². The highest BCUT2D eigenvalue weighted by molar-refractivity contribution is 6.08. The van der Waals surface area contributed by atoms with Crippen LogP contribution in [0.25, 0.3) is 32.9 Å². The van der Waals surface area contributed by atoms with Gasteiger partial charge in [0.25, 0.3) is 0 Å². The summed E-state index contributed by atoms with van der Waals surface area (Å²) >= 11 is 0. The summed E-state index contributed by atoms with van der Waals surface area (Å²) in [5, 5.41) is 2.40. The Labute approximate surface area is 193 Å². The molecular weight excluding hydrogens is 412 g/mol. The number of hydrogen-bond donors (Lipinski definition) is 1. The summed E-state index contributed by atoms with van der Waals surface area (Å²) in [6.07, 6.45) is 12.8. The van der Waals surface area contributed by atoms with E-state index in [1.807, 2.05) is 24.7 Å². The summed E-state index contributed by atoms with van der Waals surface area (Å²) in [6.45, 7) is 0. The summed E-state index contributed by atoms with van der Waals surface area (Å²) < 4.78 is 14.5. The molecule has 2 saturated carbocycles. The van der Waals surface area contributed by atoms with Gasteiger partial charge < -0.3 is 19.8 Å². The quantitative estimate of drug-likeness (QED) is 0.472. The Bertz CT molecular complexity index is 1270. The van der Waals surface area contributed by atoms with Crippen LogP contribution >= 0.6 is 0 Å². The number of nitrogens with two attached hydrogens (primary N) is 1. The maximum Gasteiger partial charge on any atom is 0.213 e. The normalized spacial score (nSPS) is 25.3. The van der Waals surface area contributed by atoms with E-state index in [0.717, 1.165) is 49.7 Å². The molecule has 0 aliphatic heterocycles. The second kappa shape index (κ2) is 8.43. The van der Waals surface area contributed by atoms with Crippen LogP contribution < -0.4 is 10.5 Å². The van der Waals surface area contributed by atoms with Crippen molar-refractivity contribution in [1.29, 1.82) is 0 Å². The van der Waals surface area contributed by atoms with E-state index in [0.29, 0.717) is 24.1 Å². The number of aromatic nitrogens is 3. The fourth-order valence-corrected chi connectivity index (χ4v) is 5.25. The molecule has 1 aromatic carbocycles. The number of aryl methyl sites for hydroxylation is 1. The van der Waals surface area contributed by atoms with E-state index in [1.165, 1.54) is 21.8 Å². The Kier molecular flexibility index (Phi) is 5.27. The third-order valence-electron chi connectivity index (χ3n) is 7.32. The highest BCUT2D eigenvalue weighted by Gasteiger charge is 2.34. The summed E-state index contributed by atoms with van der Waals surface area (Å²) in [5.74, 6) is 0.683. The lowest BCUT2D eigenvalue weighted by Crippen LogP contribution is -2.43. The monoisotopic (exact) mass is 442 g/mol. The SMILES string of the molecule is Cn1c2ccncc2c2ccc(-c3ccc(OC4CC(OC5CCC(N)CC5)C4)nc3)cc21. The van der Waals surface area contributed by atoms with Crippen molar-refractivity contribution in [2.24, 2.45) is 12.8 Å². The molecule has 3 heterocycles. The van der Waals surface area contributed by atoms with E-state index in [1.54, 1.807) is 0 Å². The van der Waals surface area contributed by atoms with E-state index < -0.39 is 0 Å². The van der Waals surface area contributed by atoms with Gasteiger partial charge >= 0.3 is 0 Å². The van der Waals surface area contributed by atoms with E-state index in [9.17, 15) is 0 Å². The number of rotatable bonds is 5. The lowest BCUT2D eigenvalue weighted by Gasteiger charge is -2.38. The Morgan fingerprint density at radius 3 is 2.45 bits per heavy atom. The van der Waals surface area contributed by atoms with Crippen molar-refractivity contribution in [1.82, 2.24) is 14.5 Å². The van der Waals surface area contributed by atoms with E-state index >= 15 is 0 Å². The van der Waals surface area contributed by atoms with Crippen LogP contribution in [0.4, 0.5) is 0 Å². The summed E-state index contributed by atoms with van der Waals surface area (Å²) in [4.78, 5) is 8.87. The van der Waals surface area contributed by atoms with Crippen LogP contribution in [-0.2, 0) is 11.8 Å². The molecule has 3 aromatic heterocycles. The first-order chi connectivity index (χ1) is 16.1. The molecule has 0 radical (unpaired) electrons. The predicted molar refractivity (Wildman–Crippen MR) is 130 cm³/mol. The Balaban J connectivity index is 1.09. The highest BCUT2D eigenvalue weighted by Crippen LogP contribution is 2.33. The molecule has 6 heteroatoms. The van der Waals surface area contributed by atoms with E-state index in [-0.39, 0.29) is 6.10 Å². The zero-order valence-corrected chi connectivity index (χ0v) is 19.0. The van der Waals surface area contributed by atoms with Crippen molar-refractivity contribution >= 4 is 21.8 Å². The number of nitrogens with zero attached hydrogens (tertiary/aromatic N) is 3. The van der Waals surface area contributed by atoms with Gasteiger partial charge in [0.15, 0.2) is 0 Å². The lowest BCUT2D eigenvalue weighted by molar-refractivity contribution is -0.106. The van der Waals surface area contributed by atoms with Crippen LogP contribution in [0.1, 0.15) is 38.5 Å². The van der Waals surface area contributed by atoms with Gasteiger partial charge in [0.1, 0.15) is 6.10 Å². The van der Waals surface area contributed by atoms with Crippen LogP contribution in [0.3, 0.4) is 0 Å². The average molecular weight is 443 g/mol. The number of benzene rings is 1. The van der Waals surface area contributed by atoms with Crippen LogP contribution in [-0.4, -0.2) is 38.9 Å². The van der Waals surface area contributed by atoms with Crippen LogP contribution in [0.5, 0.6) is 5.88 Å². The molecule has 0 spiro atoms. The first-order valence-corrected chi connectivity index (χ1v) is 12.0. The van der Waals surface area contributed by atoms with Crippen molar-refractivity contribution in [2.75, 3.05) is 0 Å².